The van der Waals surface area contributed by atoms with Crippen LogP contribution in [0.5, 0.6) is 5.75 Å². The number of benzene rings is 1. The summed E-state index contributed by atoms with van der Waals surface area (Å²) in [5, 5.41) is 9.11. The van der Waals surface area contributed by atoms with Crippen molar-refractivity contribution in [3.63, 3.8) is 0 Å². The first-order chi connectivity index (χ1) is 6.89. The van der Waals surface area contributed by atoms with Crippen LogP contribution in [0.15, 0.2) is 18.2 Å². The summed E-state index contributed by atoms with van der Waals surface area (Å²) in [6.45, 7) is 5.29. The minimum absolute atomic E-state index is 0.748. The van der Waals surface area contributed by atoms with E-state index >= 15 is 0 Å². The zero-order valence-electron chi connectivity index (χ0n) is 9.50. The molecule has 0 aliphatic heterocycles. The van der Waals surface area contributed by atoms with E-state index < -0.39 is 11.4 Å². The number of carboxylic acids is 1. The van der Waals surface area contributed by atoms with Crippen LogP contribution in [0.1, 0.15) is 25.0 Å². The molecule has 0 saturated heterocycles. The molecule has 1 aromatic rings. The van der Waals surface area contributed by atoms with Crippen molar-refractivity contribution in [2.45, 2.75) is 26.2 Å². The number of ether oxygens (including phenoxy) is 1. The second-order valence-electron chi connectivity index (χ2n) is 4.11. The minimum Gasteiger partial charge on any atom is -0.497 e. The third-order valence-corrected chi connectivity index (χ3v) is 2.64. The fraction of sp³-hybridized carbons (Fsp3) is 0.417. The lowest BCUT2D eigenvalue weighted by atomic mass is 9.82. The SMILES string of the molecule is COc1ccc(C(C)(C)C(=O)O)c(C)c1. The molecule has 1 aromatic carbocycles. The number of methoxy groups -OCH3 is 1. The monoisotopic (exact) mass is 208 g/mol. The van der Waals surface area contributed by atoms with Crippen molar-refractivity contribution in [2.75, 3.05) is 7.11 Å². The van der Waals surface area contributed by atoms with E-state index in [1.54, 1.807) is 27.0 Å². The van der Waals surface area contributed by atoms with Gasteiger partial charge in [-0.15, -0.1) is 0 Å². The van der Waals surface area contributed by atoms with Gasteiger partial charge in [0.15, 0.2) is 0 Å². The van der Waals surface area contributed by atoms with Crippen molar-refractivity contribution in [3.8, 4) is 5.75 Å². The van der Waals surface area contributed by atoms with E-state index in [0.717, 1.165) is 16.9 Å². The number of hydrogen-bond acceptors (Lipinski definition) is 2. The van der Waals surface area contributed by atoms with Crippen LogP contribution in [0.3, 0.4) is 0 Å². The zero-order chi connectivity index (χ0) is 11.6. The lowest BCUT2D eigenvalue weighted by Gasteiger charge is -2.22. The Kier molecular flexibility index (Phi) is 3.03. The lowest BCUT2D eigenvalue weighted by Crippen LogP contribution is -2.29. The predicted molar refractivity (Wildman–Crippen MR) is 58.4 cm³/mol. The van der Waals surface area contributed by atoms with Crippen LogP contribution in [0.4, 0.5) is 0 Å². The molecule has 3 nitrogen and oxygen atoms in total. The number of aliphatic carboxylic acids is 1. The molecule has 0 heterocycles. The van der Waals surface area contributed by atoms with Crippen molar-refractivity contribution in [3.05, 3.63) is 29.3 Å². The largest absolute Gasteiger partial charge is 0.497 e. The maximum atomic E-state index is 11.1. The number of aryl methyl sites for hydroxylation is 1. The molecule has 1 N–H and O–H groups in total. The van der Waals surface area contributed by atoms with E-state index in [1.807, 2.05) is 19.1 Å². The highest BCUT2D eigenvalue weighted by atomic mass is 16.5. The Morgan fingerprint density at radius 3 is 2.40 bits per heavy atom. The van der Waals surface area contributed by atoms with Crippen molar-refractivity contribution in [2.24, 2.45) is 0 Å². The Morgan fingerprint density at radius 2 is 2.00 bits per heavy atom. The Balaban J connectivity index is 3.22. The van der Waals surface area contributed by atoms with Crippen LogP contribution in [0, 0.1) is 6.92 Å². The minimum atomic E-state index is -0.865. The van der Waals surface area contributed by atoms with E-state index in [9.17, 15) is 4.79 Å². The van der Waals surface area contributed by atoms with E-state index in [2.05, 4.69) is 0 Å². The fourth-order valence-electron chi connectivity index (χ4n) is 1.58. The number of hydrogen-bond donors (Lipinski definition) is 1. The fourth-order valence-corrected chi connectivity index (χ4v) is 1.58. The highest BCUT2D eigenvalue weighted by Gasteiger charge is 2.30. The second-order valence-corrected chi connectivity index (χ2v) is 4.11. The van der Waals surface area contributed by atoms with Gasteiger partial charge in [0, 0.05) is 0 Å². The smallest absolute Gasteiger partial charge is 0.313 e. The van der Waals surface area contributed by atoms with Crippen LogP contribution in [0.25, 0.3) is 0 Å². The first kappa shape index (κ1) is 11.6. The molecule has 0 spiro atoms. The van der Waals surface area contributed by atoms with E-state index in [4.69, 9.17) is 9.84 Å². The molecule has 0 aromatic heterocycles. The molecule has 0 fully saturated rings. The topological polar surface area (TPSA) is 46.5 Å². The molecular weight excluding hydrogens is 192 g/mol. The third-order valence-electron chi connectivity index (χ3n) is 2.64. The maximum Gasteiger partial charge on any atom is 0.313 e. The summed E-state index contributed by atoms with van der Waals surface area (Å²) >= 11 is 0. The van der Waals surface area contributed by atoms with Gasteiger partial charge >= 0.3 is 5.97 Å². The van der Waals surface area contributed by atoms with Gasteiger partial charge in [-0.25, -0.2) is 0 Å². The molecule has 0 bridgehead atoms. The first-order valence-electron chi connectivity index (χ1n) is 4.78. The van der Waals surface area contributed by atoms with Crippen LogP contribution in [0.2, 0.25) is 0 Å². The highest BCUT2D eigenvalue weighted by molar-refractivity contribution is 5.80. The molecule has 1 rings (SSSR count). The molecule has 15 heavy (non-hydrogen) atoms. The summed E-state index contributed by atoms with van der Waals surface area (Å²) in [5.41, 5.74) is 0.883. The van der Waals surface area contributed by atoms with E-state index in [1.165, 1.54) is 0 Å². The number of carboxylic acid groups (broad SMARTS) is 1. The molecule has 0 atom stereocenters. The predicted octanol–water partition coefficient (Wildman–Crippen LogP) is 2.37. The third kappa shape index (κ3) is 2.12. The summed E-state index contributed by atoms with van der Waals surface area (Å²) < 4.78 is 5.08. The molecule has 0 unspecified atom stereocenters. The lowest BCUT2D eigenvalue weighted by molar-refractivity contribution is -0.142. The van der Waals surface area contributed by atoms with Gasteiger partial charge in [0.2, 0.25) is 0 Å². The van der Waals surface area contributed by atoms with Crippen molar-refractivity contribution in [1.29, 1.82) is 0 Å². The van der Waals surface area contributed by atoms with Gasteiger partial charge in [0.1, 0.15) is 5.75 Å². The molecule has 0 saturated carbocycles. The molecule has 3 heteroatoms. The standard InChI is InChI=1S/C12H16O3/c1-8-7-9(15-4)5-6-10(8)12(2,3)11(13)14/h5-7H,1-4H3,(H,13,14). The summed E-state index contributed by atoms with van der Waals surface area (Å²) in [4.78, 5) is 11.1. The average Bonchev–Trinajstić information content (AvgIpc) is 2.16. The van der Waals surface area contributed by atoms with Crippen LogP contribution < -0.4 is 4.74 Å². The van der Waals surface area contributed by atoms with Gasteiger partial charge < -0.3 is 9.84 Å². The van der Waals surface area contributed by atoms with Crippen LogP contribution in [-0.4, -0.2) is 18.2 Å². The Bertz CT molecular complexity index is 380. The average molecular weight is 208 g/mol. The molecule has 0 amide bonds. The molecule has 0 radical (unpaired) electrons. The van der Waals surface area contributed by atoms with Gasteiger partial charge in [-0.1, -0.05) is 6.07 Å². The van der Waals surface area contributed by atoms with Crippen molar-refractivity contribution < 1.29 is 14.6 Å². The molecule has 82 valence electrons. The Labute approximate surface area is 89.7 Å². The van der Waals surface area contributed by atoms with Gasteiger partial charge in [0.05, 0.1) is 12.5 Å². The quantitative estimate of drug-likeness (QED) is 0.829. The number of carbonyl (C=O) groups is 1. The summed E-state index contributed by atoms with van der Waals surface area (Å²) in [6, 6.07) is 5.44. The van der Waals surface area contributed by atoms with Gasteiger partial charge in [-0.05, 0) is 44.0 Å². The molecular formula is C12H16O3. The first-order valence-corrected chi connectivity index (χ1v) is 4.78. The summed E-state index contributed by atoms with van der Waals surface area (Å²) in [5.74, 6) is -0.0757. The van der Waals surface area contributed by atoms with Crippen molar-refractivity contribution in [1.82, 2.24) is 0 Å². The molecule has 0 aliphatic rings. The molecule has 0 aliphatic carbocycles. The normalized spacial score (nSPS) is 11.2. The van der Waals surface area contributed by atoms with E-state index in [-0.39, 0.29) is 0 Å². The Morgan fingerprint density at radius 1 is 1.40 bits per heavy atom. The summed E-state index contributed by atoms with van der Waals surface area (Å²) in [7, 11) is 1.59. The maximum absolute atomic E-state index is 11.1. The van der Waals surface area contributed by atoms with Gasteiger partial charge in [-0.2, -0.15) is 0 Å². The number of rotatable bonds is 3. The highest BCUT2D eigenvalue weighted by Crippen LogP contribution is 2.28. The van der Waals surface area contributed by atoms with Gasteiger partial charge in [-0.3, -0.25) is 4.79 Å². The summed E-state index contributed by atoms with van der Waals surface area (Å²) in [6.07, 6.45) is 0. The van der Waals surface area contributed by atoms with Gasteiger partial charge in [0.25, 0.3) is 0 Å². The van der Waals surface area contributed by atoms with Crippen LogP contribution >= 0.6 is 0 Å². The Hall–Kier alpha value is -1.51. The van der Waals surface area contributed by atoms with E-state index in [0.29, 0.717) is 0 Å². The van der Waals surface area contributed by atoms with Crippen molar-refractivity contribution >= 4 is 5.97 Å². The van der Waals surface area contributed by atoms with Crippen LogP contribution in [-0.2, 0) is 10.2 Å². The zero-order valence-corrected chi connectivity index (χ0v) is 9.50. The second kappa shape index (κ2) is 3.93.